The maximum absolute atomic E-state index is 11.7. The fourth-order valence-electron chi connectivity index (χ4n) is 1.66. The number of terminal acetylenes is 1. The number of carbonyl (C=O) groups excluding carboxylic acids is 1. The van der Waals surface area contributed by atoms with Crippen molar-refractivity contribution in [2.24, 2.45) is 5.41 Å². The molecule has 0 radical (unpaired) electrons. The Bertz CT molecular complexity index is 279. The largest absolute Gasteiger partial charge is 0.447 e. The Balaban J connectivity index is 2.55. The molecule has 3 nitrogen and oxygen atoms in total. The number of ether oxygens (including phenoxy) is 1. The lowest BCUT2D eigenvalue weighted by Crippen LogP contribution is -2.45. The van der Waals surface area contributed by atoms with E-state index in [1.165, 1.54) is 6.42 Å². The van der Waals surface area contributed by atoms with Gasteiger partial charge in [0.1, 0.15) is 0 Å². The summed E-state index contributed by atoms with van der Waals surface area (Å²) >= 11 is 0. The Morgan fingerprint density at radius 3 is 2.62 bits per heavy atom. The van der Waals surface area contributed by atoms with Crippen LogP contribution in [0.15, 0.2) is 0 Å². The fraction of sp³-hybridized carbons (Fsp3) is 0.769. The molecule has 0 aromatic rings. The molecule has 3 heteroatoms. The smallest absolute Gasteiger partial charge is 0.312 e. The lowest BCUT2D eigenvalue weighted by molar-refractivity contribution is -0.157. The van der Waals surface area contributed by atoms with Gasteiger partial charge in [0.2, 0.25) is 0 Å². The number of carbonyl (C=O) groups is 1. The van der Waals surface area contributed by atoms with E-state index in [1.54, 1.807) is 0 Å². The van der Waals surface area contributed by atoms with E-state index in [4.69, 9.17) is 11.2 Å². The van der Waals surface area contributed by atoms with E-state index in [1.807, 2.05) is 20.8 Å². The average Bonchev–Trinajstić information content (AvgIpc) is 2.25. The van der Waals surface area contributed by atoms with Crippen molar-refractivity contribution < 1.29 is 9.53 Å². The molecule has 1 N–H and O–H groups in total. The topological polar surface area (TPSA) is 38.3 Å². The van der Waals surface area contributed by atoms with Crippen LogP contribution in [0.25, 0.3) is 0 Å². The van der Waals surface area contributed by atoms with Crippen molar-refractivity contribution in [1.29, 1.82) is 0 Å². The number of piperidine rings is 1. The molecular weight excluding hydrogens is 202 g/mol. The second-order valence-electron chi connectivity index (χ2n) is 5.30. The first kappa shape index (κ1) is 13.1. The van der Waals surface area contributed by atoms with Crippen LogP contribution >= 0.6 is 0 Å². The van der Waals surface area contributed by atoms with Gasteiger partial charge in [0.05, 0.1) is 11.5 Å². The van der Waals surface area contributed by atoms with Crippen LogP contribution in [-0.4, -0.2) is 24.7 Å². The highest BCUT2D eigenvalue weighted by atomic mass is 16.5. The Kier molecular flexibility index (Phi) is 4.37. The second kappa shape index (κ2) is 5.36. The Morgan fingerprint density at radius 1 is 1.50 bits per heavy atom. The highest BCUT2D eigenvalue weighted by Crippen LogP contribution is 2.19. The van der Waals surface area contributed by atoms with Crippen LogP contribution in [0.3, 0.4) is 0 Å². The summed E-state index contributed by atoms with van der Waals surface area (Å²) < 4.78 is 5.37. The summed E-state index contributed by atoms with van der Waals surface area (Å²) in [6, 6.07) is 0.116. The van der Waals surface area contributed by atoms with Crippen LogP contribution in [0.1, 0.15) is 40.0 Å². The van der Waals surface area contributed by atoms with Crippen LogP contribution in [-0.2, 0) is 9.53 Å². The van der Waals surface area contributed by atoms with Crippen LogP contribution in [0.4, 0.5) is 0 Å². The van der Waals surface area contributed by atoms with Gasteiger partial charge in [0, 0.05) is 0 Å². The molecule has 1 aliphatic heterocycles. The first-order valence-electron chi connectivity index (χ1n) is 5.86. The zero-order chi connectivity index (χ0) is 12.2. The minimum absolute atomic E-state index is 0.116. The van der Waals surface area contributed by atoms with Crippen molar-refractivity contribution in [3.8, 4) is 12.3 Å². The van der Waals surface area contributed by atoms with E-state index in [2.05, 4.69) is 11.2 Å². The Labute approximate surface area is 97.9 Å². The molecule has 0 aromatic carbocycles. The molecule has 1 fully saturated rings. The summed E-state index contributed by atoms with van der Waals surface area (Å²) in [4.78, 5) is 11.7. The predicted octanol–water partition coefficient (Wildman–Crippen LogP) is 1.72. The van der Waals surface area contributed by atoms with Crippen LogP contribution in [0.5, 0.6) is 0 Å². The Morgan fingerprint density at radius 2 is 2.19 bits per heavy atom. The van der Waals surface area contributed by atoms with Crippen molar-refractivity contribution in [3.05, 3.63) is 0 Å². The maximum Gasteiger partial charge on any atom is 0.312 e. The molecule has 1 aliphatic rings. The summed E-state index contributed by atoms with van der Waals surface area (Å²) in [6.07, 6.45) is 8.28. The molecule has 1 heterocycles. The first-order chi connectivity index (χ1) is 7.45. The maximum atomic E-state index is 11.7. The molecule has 2 atom stereocenters. The number of esters is 1. The van der Waals surface area contributed by atoms with Gasteiger partial charge in [-0.15, -0.1) is 6.42 Å². The summed E-state index contributed by atoms with van der Waals surface area (Å²) in [7, 11) is 0. The van der Waals surface area contributed by atoms with Gasteiger partial charge in [-0.1, -0.05) is 12.3 Å². The monoisotopic (exact) mass is 223 g/mol. The van der Waals surface area contributed by atoms with Crippen molar-refractivity contribution in [1.82, 2.24) is 5.32 Å². The first-order valence-corrected chi connectivity index (χ1v) is 5.86. The molecule has 0 saturated carbocycles. The third-order valence-electron chi connectivity index (χ3n) is 2.72. The van der Waals surface area contributed by atoms with E-state index in [-0.39, 0.29) is 12.0 Å². The number of nitrogens with one attached hydrogen (secondary N) is 1. The molecule has 16 heavy (non-hydrogen) atoms. The van der Waals surface area contributed by atoms with Crippen molar-refractivity contribution in [3.63, 3.8) is 0 Å². The van der Waals surface area contributed by atoms with Gasteiger partial charge >= 0.3 is 5.97 Å². The van der Waals surface area contributed by atoms with Gasteiger partial charge in [-0.05, 0) is 40.2 Å². The number of hydrogen-bond donors (Lipinski definition) is 1. The molecule has 1 saturated heterocycles. The molecule has 0 bridgehead atoms. The fourth-order valence-corrected chi connectivity index (χ4v) is 1.66. The van der Waals surface area contributed by atoms with Crippen molar-refractivity contribution in [2.75, 3.05) is 6.54 Å². The van der Waals surface area contributed by atoms with Gasteiger partial charge in [0.25, 0.3) is 0 Å². The molecule has 1 rings (SSSR count). The van der Waals surface area contributed by atoms with Gasteiger partial charge in [-0.2, -0.15) is 0 Å². The Hall–Kier alpha value is -1.01. The second-order valence-corrected chi connectivity index (χ2v) is 5.30. The van der Waals surface area contributed by atoms with E-state index >= 15 is 0 Å². The molecule has 0 aromatic heterocycles. The van der Waals surface area contributed by atoms with E-state index in [0.717, 1.165) is 19.4 Å². The quantitative estimate of drug-likeness (QED) is 0.572. The van der Waals surface area contributed by atoms with E-state index in [9.17, 15) is 4.79 Å². The summed E-state index contributed by atoms with van der Waals surface area (Å²) in [6.45, 7) is 6.45. The van der Waals surface area contributed by atoms with Crippen molar-refractivity contribution >= 4 is 5.97 Å². The third kappa shape index (κ3) is 3.53. The lowest BCUT2D eigenvalue weighted by Gasteiger charge is -2.29. The molecule has 90 valence electrons. The predicted molar refractivity (Wildman–Crippen MR) is 63.8 cm³/mol. The highest BCUT2D eigenvalue weighted by molar-refractivity contribution is 5.75. The van der Waals surface area contributed by atoms with Crippen LogP contribution in [0, 0.1) is 17.8 Å². The minimum atomic E-state index is -0.496. The zero-order valence-corrected chi connectivity index (χ0v) is 10.4. The lowest BCUT2D eigenvalue weighted by atomic mass is 9.96. The minimum Gasteiger partial charge on any atom is -0.447 e. The van der Waals surface area contributed by atoms with Gasteiger partial charge in [-0.3, -0.25) is 4.79 Å². The van der Waals surface area contributed by atoms with E-state index < -0.39 is 11.5 Å². The normalized spacial score (nSPS) is 23.2. The average molecular weight is 223 g/mol. The van der Waals surface area contributed by atoms with Crippen LogP contribution in [0.2, 0.25) is 0 Å². The van der Waals surface area contributed by atoms with Gasteiger partial charge < -0.3 is 10.1 Å². The summed E-state index contributed by atoms with van der Waals surface area (Å²) in [5.74, 6) is 2.34. The summed E-state index contributed by atoms with van der Waals surface area (Å²) in [5.41, 5.74) is -0.496. The van der Waals surface area contributed by atoms with Crippen molar-refractivity contribution in [2.45, 2.75) is 52.2 Å². The standard InChI is InChI=1S/C13H21NO2/c1-5-11(10-8-6-7-9-14-10)16-12(15)13(2,3)4/h1,10-11,14H,6-9H2,2-4H3. The van der Waals surface area contributed by atoms with E-state index in [0.29, 0.717) is 0 Å². The third-order valence-corrected chi connectivity index (χ3v) is 2.72. The summed E-state index contributed by atoms with van der Waals surface area (Å²) in [5, 5.41) is 3.31. The highest BCUT2D eigenvalue weighted by Gasteiger charge is 2.30. The number of hydrogen-bond acceptors (Lipinski definition) is 3. The van der Waals surface area contributed by atoms with Gasteiger partial charge in [-0.25, -0.2) is 0 Å². The van der Waals surface area contributed by atoms with Gasteiger partial charge in [0.15, 0.2) is 6.10 Å². The molecule has 2 unspecified atom stereocenters. The SMILES string of the molecule is C#CC(OC(=O)C(C)(C)C)C1CCCCN1. The zero-order valence-electron chi connectivity index (χ0n) is 10.4. The molecule has 0 spiro atoms. The number of rotatable bonds is 2. The molecular formula is C13H21NO2. The molecule has 0 aliphatic carbocycles. The molecule has 0 amide bonds. The van der Waals surface area contributed by atoms with Crippen LogP contribution < -0.4 is 5.32 Å².